The average Bonchev–Trinajstić information content (AvgIpc) is 3.50. The fourth-order valence-corrected chi connectivity index (χ4v) is 6.01. The number of nitrogens with one attached hydrogen (secondary N) is 1. The van der Waals surface area contributed by atoms with Crippen molar-refractivity contribution < 1.29 is 28.9 Å². The Morgan fingerprint density at radius 2 is 2.24 bits per heavy atom. The lowest BCUT2D eigenvalue weighted by molar-refractivity contribution is -0.662. The number of thiazole rings is 1. The van der Waals surface area contributed by atoms with Crippen LogP contribution in [0.5, 0.6) is 0 Å². The number of nitrogens with zero attached hydrogens (tertiary/aromatic N) is 5. The number of rotatable bonds is 8. The lowest BCUT2D eigenvalue weighted by Gasteiger charge is -2.50. The molecular weight excluding hydrogens is 518 g/mol. The Balaban J connectivity index is 1.36. The molecule has 1 fully saturated rings. The number of oxime groups is 1. The molecule has 0 aromatic carbocycles. The number of terminal acetylenes is 1. The quantitative estimate of drug-likeness (QED) is 0.0898. The van der Waals surface area contributed by atoms with Crippen molar-refractivity contribution >= 4 is 57.4 Å². The number of imidazole rings is 1. The molecule has 0 spiro atoms. The maximum atomic E-state index is 13.1. The summed E-state index contributed by atoms with van der Waals surface area (Å²) in [4.78, 5) is 48.3. The minimum Gasteiger partial charge on any atom is -0.543 e. The Kier molecular flexibility index (Phi) is 6.55. The van der Waals surface area contributed by atoms with Crippen LogP contribution >= 0.6 is 23.1 Å². The van der Waals surface area contributed by atoms with Crippen molar-refractivity contribution in [1.82, 2.24) is 19.6 Å². The van der Waals surface area contributed by atoms with Crippen molar-refractivity contribution in [3.8, 4) is 12.3 Å². The van der Waals surface area contributed by atoms with Gasteiger partial charge in [0.05, 0.1) is 17.9 Å². The van der Waals surface area contributed by atoms with Crippen molar-refractivity contribution in [2.75, 3.05) is 18.1 Å². The van der Waals surface area contributed by atoms with Gasteiger partial charge in [0.25, 0.3) is 17.5 Å². The molecule has 188 valence electrons. The number of carboxylic acids is 1. The van der Waals surface area contributed by atoms with Gasteiger partial charge < -0.3 is 25.8 Å². The molecular formula is C23H19N7O5S2. The molecule has 2 atom stereocenters. The fraction of sp³-hybridized carbons (Fsp3) is 0.217. The van der Waals surface area contributed by atoms with Gasteiger partial charge >= 0.3 is 0 Å². The van der Waals surface area contributed by atoms with Crippen LogP contribution in [0.3, 0.4) is 0 Å². The van der Waals surface area contributed by atoms with E-state index in [1.165, 1.54) is 17.1 Å². The van der Waals surface area contributed by atoms with E-state index in [0.29, 0.717) is 11.3 Å². The minimum absolute atomic E-state index is 0.159. The molecule has 5 rings (SSSR count). The summed E-state index contributed by atoms with van der Waals surface area (Å²) in [6.07, 6.45) is 10.7. The largest absolute Gasteiger partial charge is 0.543 e. The first-order chi connectivity index (χ1) is 17.9. The zero-order valence-electron chi connectivity index (χ0n) is 19.1. The number of aliphatic carboxylic acids is 1. The molecule has 5 heterocycles. The number of hydrogen-bond acceptors (Lipinski definition) is 10. The van der Waals surface area contributed by atoms with E-state index in [2.05, 4.69) is 21.4 Å². The first-order valence-corrected chi connectivity index (χ1v) is 12.8. The second-order valence-corrected chi connectivity index (χ2v) is 9.98. The summed E-state index contributed by atoms with van der Waals surface area (Å²) in [5, 5.41) is 19.6. The Hall–Kier alpha value is -4.35. The van der Waals surface area contributed by atoms with Crippen molar-refractivity contribution in [1.29, 1.82) is 0 Å². The number of carbonyl (C=O) groups excluding carboxylic acids is 3. The van der Waals surface area contributed by atoms with Crippen LogP contribution < -0.4 is 20.7 Å². The number of nitrogen functional groups attached to an aromatic ring is 1. The number of amides is 2. The molecule has 3 aromatic heterocycles. The normalized spacial score (nSPS) is 19.3. The molecule has 0 unspecified atom stereocenters. The molecule has 2 amide bonds. The summed E-state index contributed by atoms with van der Waals surface area (Å²) < 4.78 is 3.79. The van der Waals surface area contributed by atoms with Crippen LogP contribution in [0.4, 0.5) is 5.13 Å². The van der Waals surface area contributed by atoms with Crippen LogP contribution in [-0.4, -0.2) is 61.6 Å². The number of carbonyl (C=O) groups is 3. The van der Waals surface area contributed by atoms with Crippen LogP contribution in [0.15, 0.2) is 58.6 Å². The lowest BCUT2D eigenvalue weighted by Crippen LogP contribution is -2.71. The zero-order valence-corrected chi connectivity index (χ0v) is 20.7. The third-order valence-corrected chi connectivity index (χ3v) is 7.75. The molecule has 2 aliphatic heterocycles. The second kappa shape index (κ2) is 9.96. The topological polar surface area (TPSA) is 158 Å². The monoisotopic (exact) mass is 537 g/mol. The Morgan fingerprint density at radius 1 is 1.41 bits per heavy atom. The summed E-state index contributed by atoms with van der Waals surface area (Å²) in [6.45, 7) is 0.0850. The Labute approximate surface area is 218 Å². The van der Waals surface area contributed by atoms with E-state index in [0.717, 1.165) is 21.9 Å². The van der Waals surface area contributed by atoms with Crippen molar-refractivity contribution in [3.05, 3.63) is 59.1 Å². The highest BCUT2D eigenvalue weighted by molar-refractivity contribution is 8.00. The number of anilines is 1. The molecule has 1 saturated heterocycles. The highest BCUT2D eigenvalue weighted by atomic mass is 32.2. The Bertz CT molecular complexity index is 1520. The second-order valence-electron chi connectivity index (χ2n) is 7.98. The van der Waals surface area contributed by atoms with E-state index < -0.39 is 29.2 Å². The van der Waals surface area contributed by atoms with E-state index in [1.807, 2.05) is 45.8 Å². The summed E-state index contributed by atoms with van der Waals surface area (Å²) in [6, 6.07) is 4.69. The first-order valence-electron chi connectivity index (χ1n) is 10.9. The number of carboxylic acid groups (broad SMARTS) is 1. The molecule has 14 heteroatoms. The average molecular weight is 538 g/mol. The summed E-state index contributed by atoms with van der Waals surface area (Å²) in [5.74, 6) is -0.198. The number of fused-ring (bicyclic) bond motifs is 2. The first kappa shape index (κ1) is 24.3. The van der Waals surface area contributed by atoms with Crippen molar-refractivity contribution in [3.63, 3.8) is 0 Å². The molecule has 37 heavy (non-hydrogen) atoms. The molecule has 3 aromatic rings. The number of nitrogens with two attached hydrogens (primary N) is 1. The molecule has 3 N–H and O–H groups in total. The molecule has 2 aliphatic rings. The number of hydrogen-bond donors (Lipinski definition) is 2. The fourth-order valence-electron chi connectivity index (χ4n) is 4.12. The predicted molar refractivity (Wildman–Crippen MR) is 132 cm³/mol. The number of β-lactam (4-membered cyclic amide) rings is 1. The van der Waals surface area contributed by atoms with Gasteiger partial charge in [0.1, 0.15) is 36.0 Å². The van der Waals surface area contributed by atoms with E-state index >= 15 is 0 Å². The molecule has 0 bridgehead atoms. The van der Waals surface area contributed by atoms with E-state index in [-0.39, 0.29) is 35.4 Å². The van der Waals surface area contributed by atoms with Crippen LogP contribution in [-0.2, 0) is 25.8 Å². The highest BCUT2D eigenvalue weighted by Crippen LogP contribution is 2.40. The van der Waals surface area contributed by atoms with Crippen LogP contribution in [0.25, 0.3) is 5.65 Å². The van der Waals surface area contributed by atoms with Gasteiger partial charge in [-0.15, -0.1) is 29.5 Å². The third kappa shape index (κ3) is 4.50. The van der Waals surface area contributed by atoms with E-state index in [9.17, 15) is 19.5 Å². The standard InChI is InChI=1S/C23H19N7O5S2/c1-2-9-35-27-16(14-12-37-23(24)25-14)19(31)26-17-20(32)30-18(22(33)34)13(11-36-21(17)30)10-29-8-7-28-6-4-3-5-15(28)29/h1,3-8,12,17,21H,9-11H2,(H3-,24,25,26,31,33,34)/b27-16-/t17-,21-/m1/s1. The van der Waals surface area contributed by atoms with Gasteiger partial charge in [-0.2, -0.15) is 0 Å². The van der Waals surface area contributed by atoms with Crippen LogP contribution in [0, 0.1) is 12.3 Å². The van der Waals surface area contributed by atoms with Gasteiger partial charge in [0.2, 0.25) is 0 Å². The van der Waals surface area contributed by atoms with Crippen LogP contribution in [0.2, 0.25) is 0 Å². The summed E-state index contributed by atoms with van der Waals surface area (Å²) in [7, 11) is 0. The van der Waals surface area contributed by atoms with E-state index in [4.69, 9.17) is 17.0 Å². The van der Waals surface area contributed by atoms with E-state index in [1.54, 1.807) is 0 Å². The lowest BCUT2D eigenvalue weighted by atomic mass is 10.0. The number of thioether (sulfide) groups is 1. The maximum absolute atomic E-state index is 13.1. The summed E-state index contributed by atoms with van der Waals surface area (Å²) >= 11 is 2.45. The number of aromatic nitrogens is 3. The summed E-state index contributed by atoms with van der Waals surface area (Å²) in [5.41, 5.74) is 6.84. The third-order valence-electron chi connectivity index (χ3n) is 5.74. The highest BCUT2D eigenvalue weighted by Gasteiger charge is 2.53. The van der Waals surface area contributed by atoms with Gasteiger partial charge in [0.15, 0.2) is 17.5 Å². The van der Waals surface area contributed by atoms with Gasteiger partial charge in [0, 0.05) is 22.8 Å². The molecule has 0 radical (unpaired) electrons. The SMILES string of the molecule is C#CCO/N=C(\C(=O)N[C@@H]1C(=O)N2C(C(=O)[O-])=C(C[n+]3ccn4ccccc43)CS[C@H]12)c1csc(N)n1. The Morgan fingerprint density at radius 3 is 2.97 bits per heavy atom. The maximum Gasteiger partial charge on any atom is 0.286 e. The molecule has 0 aliphatic carbocycles. The van der Waals surface area contributed by atoms with Crippen molar-refractivity contribution in [2.45, 2.75) is 18.0 Å². The number of pyridine rings is 1. The predicted octanol–water partition coefficient (Wildman–Crippen LogP) is -1.28. The minimum atomic E-state index is -1.45. The van der Waals surface area contributed by atoms with Gasteiger partial charge in [-0.3, -0.25) is 14.5 Å². The van der Waals surface area contributed by atoms with Gasteiger partial charge in [-0.25, -0.2) is 14.0 Å². The zero-order chi connectivity index (χ0) is 26.1. The van der Waals surface area contributed by atoms with Gasteiger partial charge in [-0.1, -0.05) is 17.1 Å². The molecule has 12 nitrogen and oxygen atoms in total. The van der Waals surface area contributed by atoms with Gasteiger partial charge in [-0.05, 0) is 6.07 Å². The molecule has 0 saturated carbocycles. The van der Waals surface area contributed by atoms with Crippen LogP contribution in [0.1, 0.15) is 5.69 Å². The smallest absolute Gasteiger partial charge is 0.286 e. The van der Waals surface area contributed by atoms with Crippen molar-refractivity contribution in [2.24, 2.45) is 5.16 Å².